The van der Waals surface area contributed by atoms with E-state index in [-0.39, 0.29) is 12.2 Å². The molecule has 0 atom stereocenters. The Labute approximate surface area is 118 Å². The molecule has 6 heteroatoms. The van der Waals surface area contributed by atoms with E-state index in [1.807, 2.05) is 14.1 Å². The van der Waals surface area contributed by atoms with E-state index in [4.69, 9.17) is 9.47 Å². The quantitative estimate of drug-likeness (QED) is 0.550. The number of cyclic esters (lactones) is 1. The molecule has 0 N–H and O–H groups in total. The summed E-state index contributed by atoms with van der Waals surface area (Å²) < 4.78 is 10.0. The SMILES string of the molecule is CCOC(=O)C1=C(/C=C/N(C)C)/C(=C/N(C)C)OC1=O. The Hall–Kier alpha value is -2.24. The zero-order valence-electron chi connectivity index (χ0n) is 12.5. The van der Waals surface area contributed by atoms with E-state index in [9.17, 15) is 9.59 Å². The summed E-state index contributed by atoms with van der Waals surface area (Å²) in [6, 6.07) is 0. The third-order valence-corrected chi connectivity index (χ3v) is 2.34. The summed E-state index contributed by atoms with van der Waals surface area (Å²) in [4.78, 5) is 27.3. The second-order valence-electron chi connectivity index (χ2n) is 4.63. The average Bonchev–Trinajstić information content (AvgIpc) is 2.62. The van der Waals surface area contributed by atoms with Crippen molar-refractivity contribution >= 4 is 11.9 Å². The van der Waals surface area contributed by atoms with Gasteiger partial charge in [-0.3, -0.25) is 0 Å². The highest BCUT2D eigenvalue weighted by Gasteiger charge is 2.34. The highest BCUT2D eigenvalue weighted by Crippen LogP contribution is 2.28. The van der Waals surface area contributed by atoms with Crippen molar-refractivity contribution in [2.75, 3.05) is 34.8 Å². The second kappa shape index (κ2) is 6.79. The Morgan fingerprint density at radius 1 is 1.25 bits per heavy atom. The maximum atomic E-state index is 11.9. The van der Waals surface area contributed by atoms with Gasteiger partial charge in [-0.15, -0.1) is 0 Å². The second-order valence-corrected chi connectivity index (χ2v) is 4.63. The highest BCUT2D eigenvalue weighted by molar-refractivity contribution is 6.18. The first-order valence-corrected chi connectivity index (χ1v) is 6.23. The van der Waals surface area contributed by atoms with Crippen molar-refractivity contribution in [2.45, 2.75) is 6.92 Å². The molecule has 0 bridgehead atoms. The normalized spacial score (nSPS) is 16.9. The van der Waals surface area contributed by atoms with Gasteiger partial charge in [0.2, 0.25) is 0 Å². The zero-order chi connectivity index (χ0) is 15.3. The van der Waals surface area contributed by atoms with Crippen molar-refractivity contribution in [2.24, 2.45) is 0 Å². The van der Waals surface area contributed by atoms with Gasteiger partial charge in [0.1, 0.15) is 0 Å². The van der Waals surface area contributed by atoms with E-state index in [0.717, 1.165) is 0 Å². The summed E-state index contributed by atoms with van der Waals surface area (Å²) >= 11 is 0. The average molecular weight is 280 g/mol. The number of nitrogens with zero attached hydrogens (tertiary/aromatic N) is 2. The standard InChI is InChI=1S/C14H20N2O4/c1-6-19-13(17)12-10(7-8-15(2)3)11(9-16(4)5)20-14(12)18/h7-9H,6H2,1-5H3/b8-7+,11-9-. The van der Waals surface area contributed by atoms with Gasteiger partial charge in [-0.25, -0.2) is 9.59 Å². The van der Waals surface area contributed by atoms with Crippen LogP contribution in [0.4, 0.5) is 0 Å². The van der Waals surface area contributed by atoms with E-state index >= 15 is 0 Å². The van der Waals surface area contributed by atoms with Crippen LogP contribution in [-0.2, 0) is 19.1 Å². The largest absolute Gasteiger partial charge is 0.462 e. The summed E-state index contributed by atoms with van der Waals surface area (Å²) in [7, 11) is 7.29. The molecule has 0 spiro atoms. The minimum Gasteiger partial charge on any atom is -0.462 e. The van der Waals surface area contributed by atoms with Gasteiger partial charge in [0.05, 0.1) is 6.61 Å². The topological polar surface area (TPSA) is 59.1 Å². The lowest BCUT2D eigenvalue weighted by molar-refractivity contribution is -0.143. The molecule has 1 aliphatic rings. The first-order chi connectivity index (χ1) is 9.36. The number of hydrogen-bond donors (Lipinski definition) is 0. The van der Waals surface area contributed by atoms with E-state index in [1.54, 1.807) is 49.3 Å². The van der Waals surface area contributed by atoms with Gasteiger partial charge in [-0.1, -0.05) is 0 Å². The van der Waals surface area contributed by atoms with Crippen molar-refractivity contribution in [3.05, 3.63) is 35.4 Å². The molecule has 0 radical (unpaired) electrons. The number of carbonyl (C=O) groups is 2. The van der Waals surface area contributed by atoms with Crippen LogP contribution in [0.2, 0.25) is 0 Å². The van der Waals surface area contributed by atoms with Crippen LogP contribution in [-0.4, -0.2) is 56.5 Å². The summed E-state index contributed by atoms with van der Waals surface area (Å²) in [5.41, 5.74) is 0.355. The van der Waals surface area contributed by atoms with Gasteiger partial charge < -0.3 is 19.3 Å². The van der Waals surface area contributed by atoms with Crippen molar-refractivity contribution in [3.63, 3.8) is 0 Å². The first kappa shape index (κ1) is 15.8. The lowest BCUT2D eigenvalue weighted by atomic mass is 10.1. The molecule has 0 aliphatic carbocycles. The Morgan fingerprint density at radius 3 is 2.40 bits per heavy atom. The molecular weight excluding hydrogens is 260 g/mol. The van der Waals surface area contributed by atoms with Crippen LogP contribution in [0.1, 0.15) is 6.92 Å². The van der Waals surface area contributed by atoms with Gasteiger partial charge in [-0.05, 0) is 19.2 Å². The van der Waals surface area contributed by atoms with Gasteiger partial charge in [-0.2, -0.15) is 0 Å². The third-order valence-electron chi connectivity index (χ3n) is 2.34. The molecule has 0 fully saturated rings. The summed E-state index contributed by atoms with van der Waals surface area (Å²) in [5.74, 6) is -1.02. The fourth-order valence-corrected chi connectivity index (χ4v) is 1.56. The smallest absolute Gasteiger partial charge is 0.351 e. The van der Waals surface area contributed by atoms with Crippen LogP contribution in [0.5, 0.6) is 0 Å². The Bertz CT molecular complexity index is 487. The number of hydrogen-bond acceptors (Lipinski definition) is 6. The molecule has 1 heterocycles. The summed E-state index contributed by atoms with van der Waals surface area (Å²) in [6.07, 6.45) is 5.03. The van der Waals surface area contributed by atoms with E-state index < -0.39 is 11.9 Å². The number of carbonyl (C=O) groups excluding carboxylic acids is 2. The fraction of sp³-hybridized carbons (Fsp3) is 0.429. The lowest BCUT2D eigenvalue weighted by Gasteiger charge is -2.08. The van der Waals surface area contributed by atoms with E-state index in [0.29, 0.717) is 11.3 Å². The predicted molar refractivity (Wildman–Crippen MR) is 74.3 cm³/mol. The van der Waals surface area contributed by atoms with Crippen molar-refractivity contribution in [3.8, 4) is 0 Å². The first-order valence-electron chi connectivity index (χ1n) is 6.23. The lowest BCUT2D eigenvalue weighted by Crippen LogP contribution is -2.14. The van der Waals surface area contributed by atoms with Crippen LogP contribution in [0.15, 0.2) is 35.4 Å². The summed E-state index contributed by atoms with van der Waals surface area (Å²) in [5, 5.41) is 0. The maximum Gasteiger partial charge on any atom is 0.351 e. The minimum absolute atomic E-state index is 0.0713. The van der Waals surface area contributed by atoms with Crippen LogP contribution in [0.25, 0.3) is 0 Å². The van der Waals surface area contributed by atoms with E-state index in [1.165, 1.54) is 0 Å². The van der Waals surface area contributed by atoms with Gasteiger partial charge in [0, 0.05) is 40.0 Å². The molecule has 6 nitrogen and oxygen atoms in total. The monoisotopic (exact) mass is 280 g/mol. The van der Waals surface area contributed by atoms with Gasteiger partial charge >= 0.3 is 11.9 Å². The molecule has 20 heavy (non-hydrogen) atoms. The van der Waals surface area contributed by atoms with Crippen molar-refractivity contribution < 1.29 is 19.1 Å². The van der Waals surface area contributed by atoms with Crippen LogP contribution >= 0.6 is 0 Å². The third kappa shape index (κ3) is 3.88. The maximum absolute atomic E-state index is 11.9. The van der Waals surface area contributed by atoms with Crippen LogP contribution in [0, 0.1) is 0 Å². The minimum atomic E-state index is -0.685. The molecule has 1 aliphatic heterocycles. The predicted octanol–water partition coefficient (Wildman–Crippen LogP) is 0.881. The van der Waals surface area contributed by atoms with Gasteiger partial charge in [0.15, 0.2) is 11.3 Å². The van der Waals surface area contributed by atoms with E-state index in [2.05, 4.69) is 0 Å². The number of rotatable bonds is 5. The number of esters is 2. The van der Waals surface area contributed by atoms with Crippen molar-refractivity contribution in [1.82, 2.24) is 9.80 Å². The highest BCUT2D eigenvalue weighted by atomic mass is 16.6. The molecule has 1 rings (SSSR count). The molecule has 0 amide bonds. The Morgan fingerprint density at radius 2 is 1.90 bits per heavy atom. The molecule has 0 aromatic heterocycles. The molecular formula is C14H20N2O4. The Balaban J connectivity index is 3.27. The molecule has 0 aromatic carbocycles. The molecule has 0 unspecified atom stereocenters. The molecule has 0 saturated heterocycles. The number of allylic oxidation sites excluding steroid dienone is 1. The number of ether oxygens (including phenoxy) is 2. The zero-order valence-corrected chi connectivity index (χ0v) is 12.5. The van der Waals surface area contributed by atoms with Crippen molar-refractivity contribution in [1.29, 1.82) is 0 Å². The summed E-state index contributed by atoms with van der Waals surface area (Å²) in [6.45, 7) is 1.89. The fourth-order valence-electron chi connectivity index (χ4n) is 1.56. The Kier molecular flexibility index (Phi) is 5.37. The van der Waals surface area contributed by atoms with Gasteiger partial charge in [0.25, 0.3) is 0 Å². The molecule has 0 aromatic rings. The van der Waals surface area contributed by atoms with Crippen LogP contribution < -0.4 is 0 Å². The molecule has 110 valence electrons. The van der Waals surface area contributed by atoms with Crippen LogP contribution in [0.3, 0.4) is 0 Å². The molecule has 0 saturated carbocycles.